The molecule has 2 N–H and O–H groups in total. The van der Waals surface area contributed by atoms with E-state index in [0.29, 0.717) is 5.41 Å². The summed E-state index contributed by atoms with van der Waals surface area (Å²) in [6.45, 7) is 5.47. The minimum Gasteiger partial charge on any atom is -0.493 e. The van der Waals surface area contributed by atoms with Crippen LogP contribution < -0.4 is 10.5 Å². The maximum absolute atomic E-state index is 6.74. The molecule has 1 heterocycles. The summed E-state index contributed by atoms with van der Waals surface area (Å²) < 4.78 is 5.61. The first-order chi connectivity index (χ1) is 9.61. The monoisotopic (exact) mass is 273 g/mol. The van der Waals surface area contributed by atoms with E-state index in [9.17, 15) is 0 Å². The zero-order valence-electron chi connectivity index (χ0n) is 12.8. The Morgan fingerprint density at radius 2 is 2.00 bits per heavy atom. The molecule has 2 aliphatic rings. The fraction of sp³-hybridized carbons (Fsp3) is 0.667. The van der Waals surface area contributed by atoms with Gasteiger partial charge in [-0.25, -0.2) is 0 Å². The molecule has 1 aromatic carbocycles. The molecule has 2 heteroatoms. The second-order valence-electron chi connectivity index (χ2n) is 7.11. The van der Waals surface area contributed by atoms with Gasteiger partial charge in [-0.05, 0) is 47.8 Å². The van der Waals surface area contributed by atoms with Crippen molar-refractivity contribution in [2.75, 3.05) is 6.61 Å². The number of ether oxygens (including phenoxy) is 1. The van der Waals surface area contributed by atoms with Crippen molar-refractivity contribution in [1.29, 1.82) is 0 Å². The van der Waals surface area contributed by atoms with Gasteiger partial charge in [0.2, 0.25) is 0 Å². The van der Waals surface area contributed by atoms with Crippen LogP contribution in [0.2, 0.25) is 0 Å². The van der Waals surface area contributed by atoms with Gasteiger partial charge >= 0.3 is 0 Å². The van der Waals surface area contributed by atoms with E-state index in [2.05, 4.69) is 32.0 Å². The Labute approximate surface area is 122 Å². The molecular weight excluding hydrogens is 246 g/mol. The van der Waals surface area contributed by atoms with Crippen molar-refractivity contribution in [3.8, 4) is 5.75 Å². The highest BCUT2D eigenvalue weighted by Crippen LogP contribution is 2.51. The van der Waals surface area contributed by atoms with Crippen LogP contribution in [0.5, 0.6) is 5.75 Å². The van der Waals surface area contributed by atoms with E-state index in [4.69, 9.17) is 10.5 Å². The molecule has 1 fully saturated rings. The number of hydrogen-bond donors (Lipinski definition) is 1. The molecule has 0 radical (unpaired) electrons. The number of benzene rings is 1. The molecule has 1 unspecified atom stereocenters. The Morgan fingerprint density at radius 3 is 2.70 bits per heavy atom. The number of nitrogens with two attached hydrogens (primary N) is 1. The average Bonchev–Trinajstić information content (AvgIpc) is 3.05. The fourth-order valence-corrected chi connectivity index (χ4v) is 4.29. The number of rotatable bonds is 4. The molecule has 0 spiro atoms. The van der Waals surface area contributed by atoms with E-state index in [0.717, 1.165) is 24.7 Å². The highest BCUT2D eigenvalue weighted by molar-refractivity contribution is 5.41. The maximum Gasteiger partial charge on any atom is 0.122 e. The van der Waals surface area contributed by atoms with Gasteiger partial charge in [0.15, 0.2) is 0 Å². The van der Waals surface area contributed by atoms with Crippen LogP contribution in [0.1, 0.15) is 63.1 Å². The van der Waals surface area contributed by atoms with Crippen molar-refractivity contribution < 1.29 is 4.74 Å². The largest absolute Gasteiger partial charge is 0.493 e. The summed E-state index contributed by atoms with van der Waals surface area (Å²) >= 11 is 0. The van der Waals surface area contributed by atoms with Gasteiger partial charge in [-0.15, -0.1) is 0 Å². The quantitative estimate of drug-likeness (QED) is 0.891. The molecule has 1 aliphatic carbocycles. The van der Waals surface area contributed by atoms with Crippen molar-refractivity contribution in [1.82, 2.24) is 0 Å². The Kier molecular flexibility index (Phi) is 3.76. The van der Waals surface area contributed by atoms with E-state index >= 15 is 0 Å². The van der Waals surface area contributed by atoms with Crippen molar-refractivity contribution in [2.45, 2.75) is 58.4 Å². The molecule has 1 aliphatic heterocycles. The third-order valence-electron chi connectivity index (χ3n) is 5.15. The van der Waals surface area contributed by atoms with Gasteiger partial charge in [0, 0.05) is 12.5 Å². The predicted octanol–water partition coefficient (Wildman–Crippen LogP) is 4.23. The lowest BCUT2D eigenvalue weighted by Gasteiger charge is -2.37. The summed E-state index contributed by atoms with van der Waals surface area (Å²) in [5, 5.41) is 0. The third kappa shape index (κ3) is 2.46. The van der Waals surface area contributed by atoms with Crippen LogP contribution in [0, 0.1) is 11.3 Å². The molecule has 0 bridgehead atoms. The van der Waals surface area contributed by atoms with Crippen molar-refractivity contribution in [3.63, 3.8) is 0 Å². The van der Waals surface area contributed by atoms with Gasteiger partial charge in [-0.3, -0.25) is 0 Å². The van der Waals surface area contributed by atoms with Crippen LogP contribution in [0.3, 0.4) is 0 Å². The maximum atomic E-state index is 6.74. The molecule has 20 heavy (non-hydrogen) atoms. The van der Waals surface area contributed by atoms with E-state index in [-0.39, 0.29) is 6.04 Å². The second-order valence-corrected chi connectivity index (χ2v) is 7.11. The van der Waals surface area contributed by atoms with Gasteiger partial charge in [-0.1, -0.05) is 38.8 Å². The molecule has 110 valence electrons. The van der Waals surface area contributed by atoms with E-state index in [1.165, 1.54) is 43.2 Å². The highest BCUT2D eigenvalue weighted by atomic mass is 16.5. The van der Waals surface area contributed by atoms with Gasteiger partial charge in [-0.2, -0.15) is 0 Å². The molecule has 0 saturated heterocycles. The van der Waals surface area contributed by atoms with Crippen molar-refractivity contribution >= 4 is 0 Å². The topological polar surface area (TPSA) is 35.2 Å². The van der Waals surface area contributed by atoms with E-state index in [1.807, 2.05) is 0 Å². The molecule has 1 aromatic rings. The average molecular weight is 273 g/mol. The molecule has 3 rings (SSSR count). The molecule has 1 atom stereocenters. The Bertz CT molecular complexity index is 474. The Morgan fingerprint density at radius 1 is 1.25 bits per heavy atom. The summed E-state index contributed by atoms with van der Waals surface area (Å²) in [4.78, 5) is 0. The summed E-state index contributed by atoms with van der Waals surface area (Å²) in [7, 11) is 0. The normalized spacial score (nSPS) is 21.8. The zero-order valence-corrected chi connectivity index (χ0v) is 12.8. The fourth-order valence-electron chi connectivity index (χ4n) is 4.29. The first-order valence-corrected chi connectivity index (χ1v) is 8.12. The number of fused-ring (bicyclic) bond motifs is 1. The summed E-state index contributed by atoms with van der Waals surface area (Å²) in [6, 6.07) is 6.79. The molecular formula is C18H27NO. The van der Waals surface area contributed by atoms with Crippen LogP contribution in [-0.2, 0) is 6.42 Å². The molecule has 2 nitrogen and oxygen atoms in total. The van der Waals surface area contributed by atoms with E-state index < -0.39 is 0 Å². The van der Waals surface area contributed by atoms with Crippen LogP contribution in [-0.4, -0.2) is 6.61 Å². The zero-order chi connectivity index (χ0) is 14.2. The number of hydrogen-bond acceptors (Lipinski definition) is 2. The molecule has 1 saturated carbocycles. The lowest BCUT2D eigenvalue weighted by Crippen LogP contribution is -2.33. The predicted molar refractivity (Wildman–Crippen MR) is 82.9 cm³/mol. The minimum absolute atomic E-state index is 0.179. The Hall–Kier alpha value is -1.02. The lowest BCUT2D eigenvalue weighted by atomic mass is 9.70. The molecule has 0 amide bonds. The van der Waals surface area contributed by atoms with Gasteiger partial charge in [0.05, 0.1) is 6.61 Å². The van der Waals surface area contributed by atoms with Crippen molar-refractivity contribution in [3.05, 3.63) is 29.3 Å². The first-order valence-electron chi connectivity index (χ1n) is 8.12. The van der Waals surface area contributed by atoms with Crippen LogP contribution in [0.25, 0.3) is 0 Å². The lowest BCUT2D eigenvalue weighted by molar-refractivity contribution is 0.183. The smallest absolute Gasteiger partial charge is 0.122 e. The van der Waals surface area contributed by atoms with Crippen LogP contribution in [0.15, 0.2) is 18.2 Å². The summed E-state index contributed by atoms with van der Waals surface area (Å²) in [5.41, 5.74) is 9.72. The summed E-state index contributed by atoms with van der Waals surface area (Å²) in [6.07, 6.45) is 7.55. The van der Waals surface area contributed by atoms with Gasteiger partial charge < -0.3 is 10.5 Å². The highest BCUT2D eigenvalue weighted by Gasteiger charge is 2.40. The first kappa shape index (κ1) is 13.9. The van der Waals surface area contributed by atoms with Crippen LogP contribution in [0.4, 0.5) is 0 Å². The van der Waals surface area contributed by atoms with Crippen LogP contribution >= 0.6 is 0 Å². The summed E-state index contributed by atoms with van der Waals surface area (Å²) in [5.74, 6) is 1.78. The second kappa shape index (κ2) is 5.40. The SMILES string of the molecule is CC(C)CC1(C(N)c2ccc3c(c2)CCO3)CCCC1. The standard InChI is InChI=1S/C18H27NO/c1-13(2)12-18(8-3-4-9-18)17(19)15-5-6-16-14(11-15)7-10-20-16/h5-6,11,13,17H,3-4,7-10,12,19H2,1-2H3. The van der Waals surface area contributed by atoms with Crippen molar-refractivity contribution in [2.24, 2.45) is 17.1 Å². The molecule has 0 aromatic heterocycles. The third-order valence-corrected chi connectivity index (χ3v) is 5.15. The minimum atomic E-state index is 0.179. The Balaban J connectivity index is 1.87. The van der Waals surface area contributed by atoms with Gasteiger partial charge in [0.25, 0.3) is 0 Å². The van der Waals surface area contributed by atoms with E-state index in [1.54, 1.807) is 0 Å². The van der Waals surface area contributed by atoms with Gasteiger partial charge in [0.1, 0.15) is 5.75 Å².